The van der Waals surface area contributed by atoms with Crippen LogP contribution in [0, 0.1) is 21.4 Å². The van der Waals surface area contributed by atoms with Crippen LogP contribution in [0.2, 0.25) is 5.02 Å². The Bertz CT molecular complexity index is 2710. The van der Waals surface area contributed by atoms with E-state index in [1.165, 1.54) is 58.6 Å². The first-order chi connectivity index (χ1) is 32.8. The van der Waals surface area contributed by atoms with Crippen LogP contribution in [-0.2, 0) is 32.5 Å². The van der Waals surface area contributed by atoms with Gasteiger partial charge in [-0.15, -0.1) is 0 Å². The first-order valence-corrected chi connectivity index (χ1v) is 25.7. The molecule has 0 atom stereocenters. The van der Waals surface area contributed by atoms with Gasteiger partial charge in [0, 0.05) is 94.1 Å². The van der Waals surface area contributed by atoms with Crippen molar-refractivity contribution in [3.63, 3.8) is 0 Å². The van der Waals surface area contributed by atoms with E-state index >= 15 is 0 Å². The number of halogens is 1. The second-order valence-corrected chi connectivity index (χ2v) is 22.5. The number of anilines is 3. The highest BCUT2D eigenvalue weighted by Crippen LogP contribution is 2.44. The number of nitrogens with one attached hydrogen (secondary N) is 2. The Morgan fingerprint density at radius 3 is 2.38 bits per heavy atom. The average Bonchev–Trinajstić information content (AvgIpc) is 3.31. The molecule has 2 fully saturated rings. The lowest BCUT2D eigenvalue weighted by atomic mass is 9.72. The molecule has 3 heterocycles. The monoisotopic (exact) mass is 982 g/mol. The van der Waals surface area contributed by atoms with Crippen LogP contribution >= 0.6 is 11.6 Å². The standard InChI is InChI=1S/C52H63ClN6O9S/c1-51(2,3)68-50(61)67-48-29-40(13-15-43(48)49(60)55-69(64,65)41-14-16-45(47(30-41)59(62)63)54-32-35-19-27-66-28-20-35)58-22-18-42-37(34-58)7-6-8-46(42)57-25-23-56(24-26-57)33-38-17-21-52(4,5)31-44(38)36-9-11-39(53)12-10-36/h6-16,29-30,35,54H,17-28,31-34H2,1-5H3,(H,55,60). The van der Waals surface area contributed by atoms with Crippen LogP contribution in [0.15, 0.2) is 89.3 Å². The minimum Gasteiger partial charge on any atom is -0.428 e. The van der Waals surface area contributed by atoms with E-state index in [2.05, 4.69) is 64.2 Å². The molecule has 4 aromatic rings. The number of nitro benzene ring substituents is 1. The maximum absolute atomic E-state index is 13.8. The van der Waals surface area contributed by atoms with Crippen molar-refractivity contribution in [2.75, 3.05) is 74.1 Å². The molecule has 0 radical (unpaired) electrons. The molecule has 0 saturated carbocycles. The van der Waals surface area contributed by atoms with Crippen LogP contribution in [-0.4, -0.2) is 94.9 Å². The van der Waals surface area contributed by atoms with Gasteiger partial charge in [0.1, 0.15) is 17.0 Å². The number of rotatable bonds is 13. The molecule has 0 unspecified atom stereocenters. The third-order valence-electron chi connectivity index (χ3n) is 13.5. The van der Waals surface area contributed by atoms with Crippen molar-refractivity contribution in [1.29, 1.82) is 0 Å². The van der Waals surface area contributed by atoms with Gasteiger partial charge < -0.3 is 29.3 Å². The summed E-state index contributed by atoms with van der Waals surface area (Å²) in [5.74, 6) is -1.06. The zero-order valence-corrected chi connectivity index (χ0v) is 41.7. The molecule has 2 N–H and O–H groups in total. The number of nitro groups is 1. The van der Waals surface area contributed by atoms with Gasteiger partial charge in [0.2, 0.25) is 0 Å². The topological polar surface area (TPSA) is 173 Å². The summed E-state index contributed by atoms with van der Waals surface area (Å²) >= 11 is 6.26. The fraction of sp³-hybridized carbons (Fsp3) is 0.462. The molecule has 69 heavy (non-hydrogen) atoms. The van der Waals surface area contributed by atoms with Crippen LogP contribution in [0.25, 0.3) is 5.57 Å². The summed E-state index contributed by atoms with van der Waals surface area (Å²) in [6, 6.07) is 22.8. The Morgan fingerprint density at radius 1 is 0.928 bits per heavy atom. The predicted molar refractivity (Wildman–Crippen MR) is 269 cm³/mol. The predicted octanol–water partition coefficient (Wildman–Crippen LogP) is 9.87. The van der Waals surface area contributed by atoms with Gasteiger partial charge in [-0.3, -0.25) is 19.8 Å². The minimum absolute atomic E-state index is 0.160. The number of allylic oxidation sites excluding steroid dienone is 1. The maximum Gasteiger partial charge on any atom is 0.514 e. The number of fused-ring (bicyclic) bond motifs is 1. The van der Waals surface area contributed by atoms with Crippen molar-refractivity contribution >= 4 is 62.0 Å². The molecule has 1 aliphatic carbocycles. The molecule has 3 aliphatic heterocycles. The zero-order valence-electron chi connectivity index (χ0n) is 40.1. The molecule has 2 saturated heterocycles. The molecule has 15 nitrogen and oxygen atoms in total. The fourth-order valence-corrected chi connectivity index (χ4v) is 10.9. The Labute approximate surface area is 410 Å². The van der Waals surface area contributed by atoms with Gasteiger partial charge in [-0.25, -0.2) is 17.9 Å². The Kier molecular flexibility index (Phi) is 14.9. The molecular formula is C52H63ClN6O9S. The summed E-state index contributed by atoms with van der Waals surface area (Å²) in [6.07, 6.45) is 4.61. The smallest absolute Gasteiger partial charge is 0.428 e. The lowest BCUT2D eigenvalue weighted by molar-refractivity contribution is -0.384. The minimum atomic E-state index is -4.64. The van der Waals surface area contributed by atoms with Crippen LogP contribution in [0.3, 0.4) is 0 Å². The molecule has 0 spiro atoms. The summed E-state index contributed by atoms with van der Waals surface area (Å²) in [7, 11) is -4.64. The van der Waals surface area contributed by atoms with Crippen LogP contribution in [0.1, 0.15) is 93.8 Å². The van der Waals surface area contributed by atoms with Gasteiger partial charge in [-0.05, 0) is 135 Å². The number of amides is 1. The van der Waals surface area contributed by atoms with Crippen LogP contribution in [0.5, 0.6) is 5.75 Å². The molecule has 4 aliphatic rings. The zero-order chi connectivity index (χ0) is 49.1. The number of carbonyl (C=O) groups is 2. The van der Waals surface area contributed by atoms with Crippen molar-refractivity contribution in [3.8, 4) is 5.75 Å². The Morgan fingerprint density at radius 2 is 1.67 bits per heavy atom. The summed E-state index contributed by atoms with van der Waals surface area (Å²) in [5.41, 5.74) is 7.39. The van der Waals surface area contributed by atoms with Crippen molar-refractivity contribution in [2.24, 2.45) is 11.3 Å². The third-order valence-corrected chi connectivity index (χ3v) is 15.1. The van der Waals surface area contributed by atoms with Gasteiger partial charge in [0.25, 0.3) is 21.6 Å². The van der Waals surface area contributed by atoms with Gasteiger partial charge in [0.05, 0.1) is 15.4 Å². The van der Waals surface area contributed by atoms with E-state index in [1.54, 1.807) is 26.8 Å². The highest BCUT2D eigenvalue weighted by atomic mass is 35.5. The maximum atomic E-state index is 13.8. The lowest BCUT2D eigenvalue weighted by Crippen LogP contribution is -2.47. The SMILES string of the molecule is CC1(C)CCC(CN2CCN(c3cccc4c3CCN(c3ccc(C(=O)NS(=O)(=O)c5ccc(NCC6CCOCC6)c([N+](=O)[O-])c5)c(OC(=O)OC(C)(C)C)c3)C4)CC2)=C(c2ccc(Cl)cc2)C1. The first kappa shape index (κ1) is 49.7. The summed E-state index contributed by atoms with van der Waals surface area (Å²) in [6.45, 7) is 17.3. The number of sulfonamides is 1. The number of benzene rings is 4. The molecule has 8 rings (SSSR count). The highest BCUT2D eigenvalue weighted by Gasteiger charge is 2.32. The molecule has 17 heteroatoms. The number of nitrogens with zero attached hydrogens (tertiary/aromatic N) is 4. The Hall–Kier alpha value is -5.68. The molecule has 4 aromatic carbocycles. The van der Waals surface area contributed by atoms with Gasteiger partial charge in [-0.2, -0.15) is 0 Å². The lowest BCUT2D eigenvalue weighted by Gasteiger charge is -2.41. The van der Waals surface area contributed by atoms with Crippen molar-refractivity contribution in [1.82, 2.24) is 9.62 Å². The van der Waals surface area contributed by atoms with Crippen LogP contribution in [0.4, 0.5) is 27.5 Å². The van der Waals surface area contributed by atoms with Crippen LogP contribution < -0.4 is 24.6 Å². The van der Waals surface area contributed by atoms with E-state index in [0.717, 1.165) is 81.5 Å². The van der Waals surface area contributed by atoms with E-state index in [0.29, 0.717) is 38.5 Å². The normalized spacial score (nSPS) is 18.1. The van der Waals surface area contributed by atoms with Crippen molar-refractivity contribution in [2.45, 2.75) is 90.2 Å². The highest BCUT2D eigenvalue weighted by molar-refractivity contribution is 7.90. The van der Waals surface area contributed by atoms with Gasteiger partial charge in [0.15, 0.2) is 0 Å². The quantitative estimate of drug-likeness (QED) is 0.0562. The second-order valence-electron chi connectivity index (χ2n) is 20.3. The van der Waals surface area contributed by atoms with Crippen molar-refractivity contribution < 1.29 is 37.1 Å². The van der Waals surface area contributed by atoms with Gasteiger partial charge in [-0.1, -0.05) is 55.3 Å². The van der Waals surface area contributed by atoms with Crippen molar-refractivity contribution in [3.05, 3.63) is 122 Å². The largest absolute Gasteiger partial charge is 0.514 e. The molecule has 0 aromatic heterocycles. The third kappa shape index (κ3) is 12.4. The van der Waals surface area contributed by atoms with E-state index in [1.807, 2.05) is 16.9 Å². The average molecular weight is 984 g/mol. The van der Waals surface area contributed by atoms with E-state index in [-0.39, 0.29) is 28.3 Å². The van der Waals surface area contributed by atoms with E-state index in [4.69, 9.17) is 25.8 Å². The number of hydrogen-bond donors (Lipinski definition) is 2. The summed E-state index contributed by atoms with van der Waals surface area (Å²) in [5, 5.41) is 15.9. The molecule has 368 valence electrons. The number of hydrogen-bond acceptors (Lipinski definition) is 13. The van der Waals surface area contributed by atoms with Gasteiger partial charge >= 0.3 is 6.16 Å². The van der Waals surface area contributed by atoms with E-state index < -0.39 is 43.2 Å². The second kappa shape index (κ2) is 20.7. The molecular weight excluding hydrogens is 920 g/mol. The summed E-state index contributed by atoms with van der Waals surface area (Å²) in [4.78, 5) is 45.0. The first-order valence-electron chi connectivity index (χ1n) is 23.8. The fourth-order valence-electron chi connectivity index (χ4n) is 9.75. The molecule has 0 bridgehead atoms. The number of ether oxygens (including phenoxy) is 3. The Balaban J connectivity index is 0.960. The number of piperazine rings is 1. The van der Waals surface area contributed by atoms with E-state index in [9.17, 15) is 28.1 Å². The molecule has 1 amide bonds. The summed E-state index contributed by atoms with van der Waals surface area (Å²) < 4.78 is 45.8. The number of carbonyl (C=O) groups excluding carboxylic acids is 2.